The number of rotatable bonds is 10. The van der Waals surface area contributed by atoms with Gasteiger partial charge in [0.25, 0.3) is 0 Å². The lowest BCUT2D eigenvalue weighted by Crippen LogP contribution is -2.52. The fraction of sp³-hybridized carbons (Fsp3) is 0.400. The van der Waals surface area contributed by atoms with Gasteiger partial charge in [0.2, 0.25) is 5.82 Å². The number of aryl methyl sites for hydroxylation is 1. The number of imidazole rings is 1. The lowest BCUT2D eigenvalue weighted by atomic mass is 9.97. The van der Waals surface area contributed by atoms with Crippen molar-refractivity contribution in [3.8, 4) is 22.5 Å². The third kappa shape index (κ3) is 6.79. The zero-order chi connectivity index (χ0) is 30.5. The van der Waals surface area contributed by atoms with Crippen LogP contribution < -0.4 is 5.32 Å². The number of carbonyl (C=O) groups is 2. The largest absolute Gasteiger partial charge is 0.467 e. The van der Waals surface area contributed by atoms with Crippen molar-refractivity contribution >= 4 is 23.7 Å². The topological polar surface area (TPSA) is 137 Å². The van der Waals surface area contributed by atoms with Gasteiger partial charge < -0.3 is 19.4 Å². The normalized spacial score (nSPS) is 12.9. The van der Waals surface area contributed by atoms with Crippen LogP contribution in [0.2, 0.25) is 5.15 Å². The van der Waals surface area contributed by atoms with E-state index in [9.17, 15) is 9.59 Å². The molecule has 2 heterocycles. The lowest BCUT2D eigenvalue weighted by Gasteiger charge is -2.31. The summed E-state index contributed by atoms with van der Waals surface area (Å²) in [5.74, 6) is 0.504. The highest BCUT2D eigenvalue weighted by molar-refractivity contribution is 6.30. The molecule has 0 aliphatic heterocycles. The fourth-order valence-electron chi connectivity index (χ4n) is 4.74. The van der Waals surface area contributed by atoms with Gasteiger partial charge >= 0.3 is 12.1 Å². The van der Waals surface area contributed by atoms with Gasteiger partial charge in [-0.2, -0.15) is 5.21 Å². The first kappa shape index (κ1) is 30.7. The van der Waals surface area contributed by atoms with Crippen molar-refractivity contribution in [1.82, 2.24) is 35.5 Å². The predicted octanol–water partition coefficient (Wildman–Crippen LogP) is 5.69. The Labute approximate surface area is 250 Å². The van der Waals surface area contributed by atoms with Gasteiger partial charge in [-0.15, -0.1) is 10.2 Å². The number of hydrogen-bond acceptors (Lipinski definition) is 8. The van der Waals surface area contributed by atoms with Crippen LogP contribution in [0.15, 0.2) is 48.5 Å². The SMILES string of the molecule is CCCCc1nc(Cl)c([C@@](C)(NC(=O)OC(C)(C)C)C(=O)OC)n1Cc1ccc(-c2ccccc2-c2nn[nH]n2)cc1. The van der Waals surface area contributed by atoms with Crippen LogP contribution in [0.4, 0.5) is 4.79 Å². The first-order valence-corrected chi connectivity index (χ1v) is 14.1. The highest BCUT2D eigenvalue weighted by Gasteiger charge is 2.45. The quantitative estimate of drug-likeness (QED) is 0.224. The van der Waals surface area contributed by atoms with E-state index in [1.165, 1.54) is 7.11 Å². The van der Waals surface area contributed by atoms with Gasteiger partial charge in [-0.05, 0) is 56.0 Å². The standard InChI is InChI=1S/C30H36ClN7O4/c1-7-8-13-23-32-25(31)24(30(5,27(39)41-6)33-28(40)42-29(2,3)4)38(23)18-19-14-16-20(17-15-19)21-11-9-10-12-22(21)26-34-36-37-35-26/h9-12,14-17H,7-8,13,18H2,1-6H3,(H,33,40)(H,34,35,36,37)/t30-/m1/s1. The molecule has 0 saturated carbocycles. The zero-order valence-electron chi connectivity index (χ0n) is 24.7. The van der Waals surface area contributed by atoms with Gasteiger partial charge in [-0.3, -0.25) is 0 Å². The molecular weight excluding hydrogens is 558 g/mol. The molecule has 0 aliphatic carbocycles. The highest BCUT2D eigenvalue weighted by Crippen LogP contribution is 2.33. The number of esters is 1. The maximum absolute atomic E-state index is 13.2. The predicted molar refractivity (Wildman–Crippen MR) is 159 cm³/mol. The molecule has 0 radical (unpaired) electrons. The minimum absolute atomic E-state index is 0.107. The number of nitrogens with zero attached hydrogens (tertiary/aromatic N) is 5. The van der Waals surface area contributed by atoms with Gasteiger partial charge in [0.15, 0.2) is 10.7 Å². The minimum Gasteiger partial charge on any atom is -0.467 e. The van der Waals surface area contributed by atoms with Crippen LogP contribution in [-0.2, 0) is 32.8 Å². The summed E-state index contributed by atoms with van der Waals surface area (Å²) < 4.78 is 12.5. The summed E-state index contributed by atoms with van der Waals surface area (Å²) in [6, 6.07) is 15.8. The molecule has 11 nitrogen and oxygen atoms in total. The minimum atomic E-state index is -1.67. The molecule has 2 aromatic carbocycles. The Morgan fingerprint density at radius 3 is 2.33 bits per heavy atom. The Morgan fingerprint density at radius 1 is 1.05 bits per heavy atom. The number of halogens is 1. The summed E-state index contributed by atoms with van der Waals surface area (Å²) in [5, 5.41) is 17.3. The summed E-state index contributed by atoms with van der Waals surface area (Å²) in [6.07, 6.45) is 1.67. The second-order valence-corrected chi connectivity index (χ2v) is 11.4. The Morgan fingerprint density at radius 2 is 1.74 bits per heavy atom. The van der Waals surface area contributed by atoms with Crippen molar-refractivity contribution in [3.63, 3.8) is 0 Å². The van der Waals surface area contributed by atoms with E-state index >= 15 is 0 Å². The molecule has 0 aliphatic rings. The molecule has 1 atom stereocenters. The monoisotopic (exact) mass is 593 g/mol. The van der Waals surface area contributed by atoms with E-state index < -0.39 is 23.2 Å². The number of benzene rings is 2. The van der Waals surface area contributed by atoms with Crippen molar-refractivity contribution < 1.29 is 19.1 Å². The van der Waals surface area contributed by atoms with Crippen LogP contribution in [0.3, 0.4) is 0 Å². The molecule has 2 aromatic heterocycles. The maximum Gasteiger partial charge on any atom is 0.408 e. The van der Waals surface area contributed by atoms with E-state index in [2.05, 4.69) is 37.8 Å². The van der Waals surface area contributed by atoms with Crippen molar-refractivity contribution in [2.75, 3.05) is 7.11 Å². The molecule has 2 N–H and O–H groups in total. The van der Waals surface area contributed by atoms with E-state index in [1.807, 2.05) is 53.1 Å². The molecule has 1 amide bonds. The molecule has 0 unspecified atom stereocenters. The molecule has 0 saturated heterocycles. The number of ether oxygens (including phenoxy) is 2. The van der Waals surface area contributed by atoms with Gasteiger partial charge in [-0.25, -0.2) is 14.6 Å². The average molecular weight is 594 g/mol. The summed E-state index contributed by atoms with van der Waals surface area (Å²) >= 11 is 6.72. The molecule has 0 spiro atoms. The second-order valence-electron chi connectivity index (χ2n) is 11.1. The summed E-state index contributed by atoms with van der Waals surface area (Å²) in [7, 11) is 1.26. The van der Waals surface area contributed by atoms with Crippen molar-refractivity contribution in [1.29, 1.82) is 0 Å². The number of H-pyrrole nitrogens is 1. The number of hydrogen-bond donors (Lipinski definition) is 2. The average Bonchev–Trinajstić information content (AvgIpc) is 3.59. The summed E-state index contributed by atoms with van der Waals surface area (Å²) in [5.41, 5.74) is 1.59. The maximum atomic E-state index is 13.2. The Hall–Kier alpha value is -4.25. The third-order valence-corrected chi connectivity index (χ3v) is 6.96. The smallest absolute Gasteiger partial charge is 0.408 e. The number of methoxy groups -OCH3 is 1. The van der Waals surface area contributed by atoms with Crippen LogP contribution in [0, 0.1) is 0 Å². The zero-order valence-corrected chi connectivity index (χ0v) is 25.5. The number of unbranched alkanes of at least 4 members (excludes halogenated alkanes) is 1. The lowest BCUT2D eigenvalue weighted by molar-refractivity contribution is -0.148. The van der Waals surface area contributed by atoms with E-state index in [-0.39, 0.29) is 5.15 Å². The highest BCUT2D eigenvalue weighted by atomic mass is 35.5. The number of carbonyl (C=O) groups excluding carboxylic acids is 2. The molecule has 0 fully saturated rings. The molecule has 4 aromatic rings. The van der Waals surface area contributed by atoms with E-state index in [0.717, 1.165) is 35.1 Å². The van der Waals surface area contributed by atoms with Gasteiger partial charge in [0, 0.05) is 18.5 Å². The first-order chi connectivity index (χ1) is 20.0. The summed E-state index contributed by atoms with van der Waals surface area (Å²) in [6.45, 7) is 9.21. The number of alkyl carbamates (subject to hydrolysis) is 1. The van der Waals surface area contributed by atoms with Crippen molar-refractivity contribution in [2.24, 2.45) is 0 Å². The molecule has 222 valence electrons. The van der Waals surface area contributed by atoms with Crippen molar-refractivity contribution in [3.05, 3.63) is 70.8 Å². The third-order valence-electron chi connectivity index (χ3n) is 6.70. The number of aromatic nitrogens is 6. The molecule has 42 heavy (non-hydrogen) atoms. The number of nitrogens with one attached hydrogen (secondary N) is 2. The van der Waals surface area contributed by atoms with Crippen LogP contribution in [0.1, 0.15) is 64.5 Å². The molecule has 12 heteroatoms. The van der Waals surface area contributed by atoms with Crippen LogP contribution in [0.5, 0.6) is 0 Å². The van der Waals surface area contributed by atoms with Gasteiger partial charge in [0.1, 0.15) is 11.4 Å². The van der Waals surface area contributed by atoms with Crippen molar-refractivity contribution in [2.45, 2.75) is 71.6 Å². The van der Waals surface area contributed by atoms with Crippen LogP contribution in [0.25, 0.3) is 22.5 Å². The van der Waals surface area contributed by atoms with E-state index in [1.54, 1.807) is 27.7 Å². The second kappa shape index (κ2) is 12.7. The Balaban J connectivity index is 1.73. The molecule has 0 bridgehead atoms. The Bertz CT molecular complexity index is 1530. The van der Waals surface area contributed by atoms with E-state index in [0.29, 0.717) is 30.3 Å². The number of aromatic amines is 1. The fourth-order valence-corrected chi connectivity index (χ4v) is 5.12. The Kier molecular flexibility index (Phi) is 9.30. The van der Waals surface area contributed by atoms with Crippen LogP contribution in [-0.4, -0.2) is 54.9 Å². The molecule has 4 rings (SSSR count). The van der Waals surface area contributed by atoms with Gasteiger partial charge in [0.05, 0.1) is 12.8 Å². The van der Waals surface area contributed by atoms with E-state index in [4.69, 9.17) is 21.1 Å². The van der Waals surface area contributed by atoms with Crippen LogP contribution >= 0.6 is 11.6 Å². The van der Waals surface area contributed by atoms with Gasteiger partial charge in [-0.1, -0.05) is 73.5 Å². The number of amides is 1. The molecular formula is C30H36ClN7O4. The summed E-state index contributed by atoms with van der Waals surface area (Å²) in [4.78, 5) is 30.7. The first-order valence-electron chi connectivity index (χ1n) is 13.7. The number of tetrazole rings is 1.